The Labute approximate surface area is 105 Å². The van der Waals surface area contributed by atoms with E-state index >= 15 is 0 Å². The lowest BCUT2D eigenvalue weighted by atomic mass is 9.85. The summed E-state index contributed by atoms with van der Waals surface area (Å²) in [5, 5.41) is 3.25. The lowest BCUT2D eigenvalue weighted by molar-refractivity contribution is -0.182. The van der Waals surface area contributed by atoms with Crippen molar-refractivity contribution in [3.05, 3.63) is 0 Å². The SMILES string of the molecule is NC(=O)CCCCNC1CCC(C(F)(F)F)CC1. The van der Waals surface area contributed by atoms with Crippen molar-refractivity contribution in [1.29, 1.82) is 0 Å². The molecule has 0 aromatic heterocycles. The zero-order valence-electron chi connectivity index (χ0n) is 10.4. The molecule has 1 aliphatic carbocycles. The second-order valence-corrected chi connectivity index (χ2v) is 4.97. The molecule has 0 aromatic rings. The molecule has 1 fully saturated rings. The third-order valence-electron chi connectivity index (χ3n) is 3.47. The van der Waals surface area contributed by atoms with E-state index in [1.165, 1.54) is 0 Å². The van der Waals surface area contributed by atoms with Crippen molar-refractivity contribution in [1.82, 2.24) is 5.32 Å². The van der Waals surface area contributed by atoms with Crippen LogP contribution in [0.5, 0.6) is 0 Å². The van der Waals surface area contributed by atoms with Gasteiger partial charge in [-0.05, 0) is 45.1 Å². The standard InChI is InChI=1S/C12H21F3N2O/c13-12(14,15)9-4-6-10(7-5-9)17-8-2-1-3-11(16)18/h9-10,17H,1-8H2,(H2,16,18). The number of hydrogen-bond donors (Lipinski definition) is 2. The Bertz CT molecular complexity index is 261. The number of primary amides is 1. The van der Waals surface area contributed by atoms with E-state index in [0.717, 1.165) is 19.4 Å². The summed E-state index contributed by atoms with van der Waals surface area (Å²) in [5.41, 5.74) is 5.01. The van der Waals surface area contributed by atoms with Gasteiger partial charge in [-0.25, -0.2) is 0 Å². The Morgan fingerprint density at radius 2 is 1.78 bits per heavy atom. The number of carbonyl (C=O) groups is 1. The number of rotatable bonds is 6. The zero-order chi connectivity index (χ0) is 13.6. The molecule has 0 heterocycles. The molecule has 0 saturated heterocycles. The van der Waals surface area contributed by atoms with Gasteiger partial charge in [0.25, 0.3) is 0 Å². The number of unbranched alkanes of at least 4 members (excludes halogenated alkanes) is 1. The lowest BCUT2D eigenvalue weighted by Gasteiger charge is -2.30. The highest BCUT2D eigenvalue weighted by atomic mass is 19.4. The topological polar surface area (TPSA) is 55.1 Å². The first-order chi connectivity index (χ1) is 8.39. The van der Waals surface area contributed by atoms with Gasteiger partial charge in [-0.3, -0.25) is 4.79 Å². The fourth-order valence-corrected chi connectivity index (χ4v) is 2.36. The Balaban J connectivity index is 2.07. The maximum atomic E-state index is 12.4. The van der Waals surface area contributed by atoms with Crippen molar-refractivity contribution in [2.45, 2.75) is 57.2 Å². The van der Waals surface area contributed by atoms with E-state index in [1.807, 2.05) is 0 Å². The zero-order valence-corrected chi connectivity index (χ0v) is 10.4. The van der Waals surface area contributed by atoms with Gasteiger partial charge in [0.15, 0.2) is 0 Å². The van der Waals surface area contributed by atoms with Gasteiger partial charge < -0.3 is 11.1 Å². The van der Waals surface area contributed by atoms with Gasteiger partial charge in [-0.15, -0.1) is 0 Å². The van der Waals surface area contributed by atoms with E-state index < -0.39 is 12.1 Å². The van der Waals surface area contributed by atoms with Crippen molar-refractivity contribution in [3.63, 3.8) is 0 Å². The maximum absolute atomic E-state index is 12.4. The van der Waals surface area contributed by atoms with Crippen LogP contribution in [0.3, 0.4) is 0 Å². The van der Waals surface area contributed by atoms with Crippen molar-refractivity contribution >= 4 is 5.91 Å². The second kappa shape index (κ2) is 6.97. The summed E-state index contributed by atoms with van der Waals surface area (Å²) in [7, 11) is 0. The average molecular weight is 266 g/mol. The van der Waals surface area contributed by atoms with Crippen LogP contribution in [0, 0.1) is 5.92 Å². The number of carbonyl (C=O) groups excluding carboxylic acids is 1. The number of alkyl halides is 3. The molecule has 0 unspecified atom stereocenters. The van der Waals surface area contributed by atoms with Crippen LogP contribution in [0.1, 0.15) is 44.9 Å². The summed E-state index contributed by atoms with van der Waals surface area (Å²) < 4.78 is 37.3. The molecule has 0 atom stereocenters. The smallest absolute Gasteiger partial charge is 0.370 e. The molecule has 1 amide bonds. The van der Waals surface area contributed by atoms with Crippen molar-refractivity contribution in [3.8, 4) is 0 Å². The molecule has 0 aliphatic heterocycles. The fourth-order valence-electron chi connectivity index (χ4n) is 2.36. The molecule has 0 aromatic carbocycles. The van der Waals surface area contributed by atoms with Crippen LogP contribution < -0.4 is 11.1 Å². The van der Waals surface area contributed by atoms with Gasteiger partial charge in [0.2, 0.25) is 5.91 Å². The first-order valence-corrected chi connectivity index (χ1v) is 6.48. The van der Waals surface area contributed by atoms with E-state index in [9.17, 15) is 18.0 Å². The molecule has 106 valence electrons. The normalized spacial score (nSPS) is 25.1. The van der Waals surface area contributed by atoms with E-state index in [0.29, 0.717) is 19.3 Å². The van der Waals surface area contributed by atoms with Gasteiger partial charge in [-0.2, -0.15) is 13.2 Å². The molecular formula is C12H21F3N2O. The number of amides is 1. The van der Waals surface area contributed by atoms with E-state index in [4.69, 9.17) is 5.73 Å². The van der Waals surface area contributed by atoms with Crippen LogP contribution in [0.4, 0.5) is 13.2 Å². The third-order valence-corrected chi connectivity index (χ3v) is 3.47. The molecule has 0 spiro atoms. The van der Waals surface area contributed by atoms with Gasteiger partial charge in [0.1, 0.15) is 0 Å². The summed E-state index contributed by atoms with van der Waals surface area (Å²) in [6.07, 6.45) is -0.470. The first kappa shape index (κ1) is 15.3. The highest BCUT2D eigenvalue weighted by Gasteiger charge is 2.41. The maximum Gasteiger partial charge on any atom is 0.391 e. The minimum atomic E-state index is -4.04. The molecule has 3 nitrogen and oxygen atoms in total. The van der Waals surface area contributed by atoms with Gasteiger partial charge >= 0.3 is 6.18 Å². The molecule has 1 rings (SSSR count). The molecular weight excluding hydrogens is 245 g/mol. The minimum absolute atomic E-state index is 0.192. The van der Waals surface area contributed by atoms with E-state index in [1.54, 1.807) is 0 Å². The van der Waals surface area contributed by atoms with Crippen LogP contribution in [-0.4, -0.2) is 24.7 Å². The molecule has 1 saturated carbocycles. The number of nitrogens with one attached hydrogen (secondary N) is 1. The summed E-state index contributed by atoms with van der Waals surface area (Å²) in [6.45, 7) is 0.745. The number of nitrogens with two attached hydrogens (primary N) is 1. The predicted octanol–water partition coefficient (Wildman–Crippen LogP) is 2.35. The predicted molar refractivity (Wildman–Crippen MR) is 62.8 cm³/mol. The molecule has 18 heavy (non-hydrogen) atoms. The highest BCUT2D eigenvalue weighted by Crippen LogP contribution is 2.37. The van der Waals surface area contributed by atoms with Crippen LogP contribution in [-0.2, 0) is 4.79 Å². The summed E-state index contributed by atoms with van der Waals surface area (Å²) in [5.74, 6) is -1.42. The Morgan fingerprint density at radius 3 is 2.28 bits per heavy atom. The van der Waals surface area contributed by atoms with Crippen LogP contribution >= 0.6 is 0 Å². The number of hydrogen-bond acceptors (Lipinski definition) is 2. The third kappa shape index (κ3) is 5.71. The van der Waals surface area contributed by atoms with Gasteiger partial charge in [-0.1, -0.05) is 0 Å². The molecule has 6 heteroatoms. The monoisotopic (exact) mass is 266 g/mol. The van der Waals surface area contributed by atoms with Crippen LogP contribution in [0.25, 0.3) is 0 Å². The van der Waals surface area contributed by atoms with Crippen LogP contribution in [0.15, 0.2) is 0 Å². The van der Waals surface area contributed by atoms with Crippen molar-refractivity contribution in [2.75, 3.05) is 6.54 Å². The Morgan fingerprint density at radius 1 is 1.17 bits per heavy atom. The van der Waals surface area contributed by atoms with Gasteiger partial charge in [0, 0.05) is 12.5 Å². The van der Waals surface area contributed by atoms with Crippen molar-refractivity contribution in [2.24, 2.45) is 11.7 Å². The lowest BCUT2D eigenvalue weighted by Crippen LogP contribution is -2.37. The molecule has 1 aliphatic rings. The quantitative estimate of drug-likeness (QED) is 0.725. The summed E-state index contributed by atoms with van der Waals surface area (Å²) in [4.78, 5) is 10.5. The molecule has 0 radical (unpaired) electrons. The second-order valence-electron chi connectivity index (χ2n) is 4.97. The van der Waals surface area contributed by atoms with Gasteiger partial charge in [0.05, 0.1) is 5.92 Å². The summed E-state index contributed by atoms with van der Waals surface area (Å²) in [6, 6.07) is 0.192. The van der Waals surface area contributed by atoms with Crippen molar-refractivity contribution < 1.29 is 18.0 Å². The minimum Gasteiger partial charge on any atom is -0.370 e. The molecule has 0 bridgehead atoms. The molecule has 3 N–H and O–H groups in total. The first-order valence-electron chi connectivity index (χ1n) is 6.48. The van der Waals surface area contributed by atoms with Crippen LogP contribution in [0.2, 0.25) is 0 Å². The Hall–Kier alpha value is -0.780. The summed E-state index contributed by atoms with van der Waals surface area (Å²) >= 11 is 0. The largest absolute Gasteiger partial charge is 0.391 e. The highest BCUT2D eigenvalue weighted by molar-refractivity contribution is 5.73. The fraction of sp³-hybridized carbons (Fsp3) is 0.917. The Kier molecular flexibility index (Phi) is 5.91. The van der Waals surface area contributed by atoms with E-state index in [2.05, 4.69) is 5.32 Å². The average Bonchev–Trinajstić information content (AvgIpc) is 2.27. The van der Waals surface area contributed by atoms with E-state index in [-0.39, 0.29) is 24.8 Å². The number of halogens is 3.